The number of esters is 1. The lowest BCUT2D eigenvalue weighted by Crippen LogP contribution is -2.33. The molecule has 0 saturated carbocycles. The van der Waals surface area contributed by atoms with Gasteiger partial charge in [0.15, 0.2) is 0 Å². The van der Waals surface area contributed by atoms with Crippen molar-refractivity contribution in [2.24, 2.45) is 0 Å². The minimum absolute atomic E-state index is 0.150. The molecule has 0 aromatic carbocycles. The van der Waals surface area contributed by atoms with Crippen LogP contribution in [0.1, 0.15) is 51.9 Å². The van der Waals surface area contributed by atoms with E-state index in [0.717, 1.165) is 51.6 Å². The lowest BCUT2D eigenvalue weighted by atomic mass is 10.1. The highest BCUT2D eigenvalue weighted by Gasteiger charge is 2.12. The van der Waals surface area contributed by atoms with Gasteiger partial charge in [-0.25, -0.2) is 0 Å². The van der Waals surface area contributed by atoms with Gasteiger partial charge in [-0.2, -0.15) is 0 Å². The van der Waals surface area contributed by atoms with Crippen molar-refractivity contribution in [1.29, 1.82) is 0 Å². The highest BCUT2D eigenvalue weighted by Crippen LogP contribution is 2.06. The molecule has 1 rings (SSSR count). The molecule has 0 amide bonds. The predicted octanol–water partition coefficient (Wildman–Crippen LogP) is 2.42. The summed E-state index contributed by atoms with van der Waals surface area (Å²) in [4.78, 5) is 11.5. The Balaban J connectivity index is 1.62. The first-order valence-corrected chi connectivity index (χ1v) is 17.0. The van der Waals surface area contributed by atoms with Gasteiger partial charge in [0.05, 0.1) is 132 Å². The van der Waals surface area contributed by atoms with E-state index < -0.39 is 0 Å². The number of nitrogens with one attached hydrogen (secondary N) is 1. The molecule has 13 heteroatoms. The number of unbranched alkanes of at least 4 members (excludes halogenated alkanes) is 3. The van der Waals surface area contributed by atoms with E-state index in [9.17, 15) is 4.79 Å². The average Bonchev–Trinajstić information content (AvgIpc) is 3.06. The summed E-state index contributed by atoms with van der Waals surface area (Å²) >= 11 is 0. The molecule has 1 fully saturated rings. The SMILES string of the molecule is CCCCCCC(=O)OCCOCCOCCOCCOCCOCCOCCOCCOCCOCCOC1CCNCC1. The fraction of sp³-hybridized carbons (Fsp3) is 0.969. The van der Waals surface area contributed by atoms with E-state index in [-0.39, 0.29) is 12.6 Å². The van der Waals surface area contributed by atoms with E-state index in [1.54, 1.807) is 0 Å². The molecule has 1 heterocycles. The summed E-state index contributed by atoms with van der Waals surface area (Å²) in [5.74, 6) is -0.150. The third kappa shape index (κ3) is 32.8. The van der Waals surface area contributed by atoms with Gasteiger partial charge in [-0.1, -0.05) is 26.2 Å². The summed E-state index contributed by atoms with van der Waals surface area (Å²) in [6, 6.07) is 0. The number of piperidine rings is 1. The molecule has 1 N–H and O–H groups in total. The predicted molar refractivity (Wildman–Crippen MR) is 169 cm³/mol. The van der Waals surface area contributed by atoms with Crippen molar-refractivity contribution in [1.82, 2.24) is 5.32 Å². The maximum Gasteiger partial charge on any atom is 0.305 e. The van der Waals surface area contributed by atoms with Gasteiger partial charge >= 0.3 is 5.97 Å². The molecule has 0 bridgehead atoms. The Labute approximate surface area is 271 Å². The molecule has 0 spiro atoms. The van der Waals surface area contributed by atoms with E-state index in [0.29, 0.717) is 138 Å². The topological polar surface area (TPSA) is 131 Å². The van der Waals surface area contributed by atoms with Crippen LogP contribution in [0.3, 0.4) is 0 Å². The first-order valence-electron chi connectivity index (χ1n) is 17.0. The van der Waals surface area contributed by atoms with Crippen LogP contribution in [-0.2, 0) is 56.9 Å². The van der Waals surface area contributed by atoms with Crippen molar-refractivity contribution in [2.45, 2.75) is 58.0 Å². The van der Waals surface area contributed by atoms with Crippen molar-refractivity contribution in [3.63, 3.8) is 0 Å². The Morgan fingerprint density at radius 3 is 1.22 bits per heavy atom. The van der Waals surface area contributed by atoms with Crippen molar-refractivity contribution < 1.29 is 56.9 Å². The van der Waals surface area contributed by atoms with Gasteiger partial charge < -0.3 is 57.4 Å². The summed E-state index contributed by atoms with van der Waals surface area (Å²) < 4.78 is 60.2. The Bertz CT molecular complexity index is 598. The molecule has 0 unspecified atom stereocenters. The van der Waals surface area contributed by atoms with E-state index in [2.05, 4.69) is 12.2 Å². The van der Waals surface area contributed by atoms with Crippen LogP contribution in [0.25, 0.3) is 0 Å². The molecule has 45 heavy (non-hydrogen) atoms. The highest BCUT2D eigenvalue weighted by atomic mass is 16.6. The van der Waals surface area contributed by atoms with Crippen molar-refractivity contribution >= 4 is 5.97 Å². The summed E-state index contributed by atoms with van der Waals surface area (Å²) in [5.41, 5.74) is 0. The molecule has 0 radical (unpaired) electrons. The summed E-state index contributed by atoms with van der Waals surface area (Å²) in [6.07, 6.45) is 7.30. The van der Waals surface area contributed by atoms with Gasteiger partial charge in [0.1, 0.15) is 6.61 Å². The maximum atomic E-state index is 11.5. The van der Waals surface area contributed by atoms with Crippen LogP contribution >= 0.6 is 0 Å². The van der Waals surface area contributed by atoms with E-state index in [1.165, 1.54) is 0 Å². The smallest absolute Gasteiger partial charge is 0.305 e. The number of ether oxygens (including phenoxy) is 11. The Morgan fingerprint density at radius 2 is 0.844 bits per heavy atom. The molecule has 268 valence electrons. The first-order chi connectivity index (χ1) is 22.3. The second-order valence-electron chi connectivity index (χ2n) is 10.4. The Hall–Kier alpha value is -0.970. The molecule has 1 aliphatic heterocycles. The number of rotatable bonds is 36. The first kappa shape index (κ1) is 42.1. The number of hydrogen-bond acceptors (Lipinski definition) is 13. The fourth-order valence-corrected chi connectivity index (χ4v) is 4.08. The van der Waals surface area contributed by atoms with E-state index >= 15 is 0 Å². The van der Waals surface area contributed by atoms with Gasteiger partial charge in [-0.3, -0.25) is 4.79 Å². The summed E-state index contributed by atoms with van der Waals surface area (Å²) in [6.45, 7) is 14.3. The zero-order valence-electron chi connectivity index (χ0n) is 28.0. The molecule has 0 atom stereocenters. The molecule has 1 aliphatic rings. The van der Waals surface area contributed by atoms with E-state index in [4.69, 9.17) is 52.1 Å². The minimum atomic E-state index is -0.150. The lowest BCUT2D eigenvalue weighted by Gasteiger charge is -2.22. The van der Waals surface area contributed by atoms with Crippen LogP contribution in [0.15, 0.2) is 0 Å². The third-order valence-electron chi connectivity index (χ3n) is 6.57. The van der Waals surface area contributed by atoms with E-state index in [1.807, 2.05) is 0 Å². The zero-order chi connectivity index (χ0) is 32.1. The molecule has 0 aromatic heterocycles. The quantitative estimate of drug-likeness (QED) is 0.0786. The molecular weight excluding hydrogens is 590 g/mol. The summed E-state index contributed by atoms with van der Waals surface area (Å²) in [7, 11) is 0. The van der Waals surface area contributed by atoms with Gasteiger partial charge in [-0.05, 0) is 32.4 Å². The maximum absolute atomic E-state index is 11.5. The van der Waals surface area contributed by atoms with Crippen LogP contribution < -0.4 is 5.32 Å². The van der Waals surface area contributed by atoms with Gasteiger partial charge in [0.2, 0.25) is 0 Å². The summed E-state index contributed by atoms with van der Waals surface area (Å²) in [5, 5.41) is 3.33. The third-order valence-corrected chi connectivity index (χ3v) is 6.57. The fourth-order valence-electron chi connectivity index (χ4n) is 4.08. The van der Waals surface area contributed by atoms with Crippen molar-refractivity contribution in [2.75, 3.05) is 145 Å². The van der Waals surface area contributed by atoms with Crippen LogP contribution in [-0.4, -0.2) is 157 Å². The van der Waals surface area contributed by atoms with Crippen LogP contribution in [0.5, 0.6) is 0 Å². The largest absolute Gasteiger partial charge is 0.463 e. The number of carbonyl (C=O) groups excluding carboxylic acids is 1. The van der Waals surface area contributed by atoms with Crippen molar-refractivity contribution in [3.05, 3.63) is 0 Å². The molecular formula is C32H63NO12. The van der Waals surface area contributed by atoms with Gasteiger partial charge in [-0.15, -0.1) is 0 Å². The highest BCUT2D eigenvalue weighted by molar-refractivity contribution is 5.69. The van der Waals surface area contributed by atoms with Gasteiger partial charge in [0.25, 0.3) is 0 Å². The zero-order valence-corrected chi connectivity index (χ0v) is 28.0. The standard InChI is InChI=1S/C32H63NO12/c1-2-3-4-5-6-32(34)45-30-28-43-26-24-41-22-20-39-18-16-37-14-12-35-11-13-36-15-17-38-19-21-40-23-25-42-27-29-44-31-7-9-33-10-8-31/h31,33H,2-30H2,1H3. The second kappa shape index (κ2) is 35.9. The average molecular weight is 654 g/mol. The monoisotopic (exact) mass is 653 g/mol. The normalized spacial score (nSPS) is 13.9. The van der Waals surface area contributed by atoms with Crippen LogP contribution in [0.2, 0.25) is 0 Å². The second-order valence-corrected chi connectivity index (χ2v) is 10.4. The Morgan fingerprint density at radius 1 is 0.489 bits per heavy atom. The molecule has 0 aromatic rings. The van der Waals surface area contributed by atoms with Crippen LogP contribution in [0.4, 0.5) is 0 Å². The van der Waals surface area contributed by atoms with Crippen molar-refractivity contribution in [3.8, 4) is 0 Å². The van der Waals surface area contributed by atoms with Crippen LogP contribution in [0, 0.1) is 0 Å². The Kier molecular flexibility index (Phi) is 33.5. The molecule has 13 nitrogen and oxygen atoms in total. The lowest BCUT2D eigenvalue weighted by molar-refractivity contribution is -0.145. The van der Waals surface area contributed by atoms with Gasteiger partial charge in [0, 0.05) is 6.42 Å². The molecule has 0 aliphatic carbocycles. The number of hydrogen-bond donors (Lipinski definition) is 1. The minimum Gasteiger partial charge on any atom is -0.463 e. The molecule has 1 saturated heterocycles. The number of carbonyl (C=O) groups is 1.